The van der Waals surface area contributed by atoms with E-state index in [0.717, 1.165) is 12.2 Å². The van der Waals surface area contributed by atoms with Gasteiger partial charge in [-0.25, -0.2) is 0 Å². The third-order valence-electron chi connectivity index (χ3n) is 4.01. The van der Waals surface area contributed by atoms with Crippen molar-refractivity contribution in [3.8, 4) is 0 Å². The Kier molecular flexibility index (Phi) is 3.22. The fourth-order valence-electron chi connectivity index (χ4n) is 3.01. The highest BCUT2D eigenvalue weighted by Crippen LogP contribution is 2.45. The molecule has 16 heavy (non-hydrogen) atoms. The molecule has 1 saturated carbocycles. The van der Waals surface area contributed by atoms with Crippen molar-refractivity contribution in [1.29, 1.82) is 0 Å². The zero-order valence-electron chi connectivity index (χ0n) is 10.5. The zero-order valence-corrected chi connectivity index (χ0v) is 10.5. The van der Waals surface area contributed by atoms with Crippen molar-refractivity contribution in [2.24, 2.45) is 11.3 Å². The summed E-state index contributed by atoms with van der Waals surface area (Å²) in [7, 11) is 0. The van der Waals surface area contributed by atoms with Gasteiger partial charge in [0, 0.05) is 6.42 Å². The molecule has 1 heterocycles. The van der Waals surface area contributed by atoms with Crippen LogP contribution in [0, 0.1) is 11.3 Å². The Morgan fingerprint density at radius 1 is 1.50 bits per heavy atom. The molecule has 0 aliphatic heterocycles. The molecule has 1 unspecified atom stereocenters. The molecule has 2 rings (SSSR count). The Labute approximate surface area is 98.5 Å². The van der Waals surface area contributed by atoms with Gasteiger partial charge in [0.15, 0.2) is 0 Å². The average molecular weight is 218 g/mol. The van der Waals surface area contributed by atoms with Crippen LogP contribution in [0.15, 0.2) is 35.0 Å². The Balaban J connectivity index is 1.98. The van der Waals surface area contributed by atoms with Gasteiger partial charge in [-0.3, -0.25) is 0 Å². The van der Waals surface area contributed by atoms with Gasteiger partial charge in [0.1, 0.15) is 5.76 Å². The Bertz CT molecular complexity index is 346. The summed E-state index contributed by atoms with van der Waals surface area (Å²) >= 11 is 0. The van der Waals surface area contributed by atoms with Crippen molar-refractivity contribution in [1.82, 2.24) is 0 Å². The van der Waals surface area contributed by atoms with Gasteiger partial charge < -0.3 is 4.42 Å². The minimum Gasteiger partial charge on any atom is -0.469 e. The van der Waals surface area contributed by atoms with Crippen molar-refractivity contribution in [3.05, 3.63) is 36.3 Å². The van der Waals surface area contributed by atoms with Crippen LogP contribution in [0.2, 0.25) is 0 Å². The maximum absolute atomic E-state index is 5.40. The first-order valence-electron chi connectivity index (χ1n) is 6.29. The average Bonchev–Trinajstić information content (AvgIpc) is 2.68. The second-order valence-corrected chi connectivity index (χ2v) is 5.67. The Hall–Kier alpha value is -0.980. The lowest BCUT2D eigenvalue weighted by atomic mass is 9.65. The van der Waals surface area contributed by atoms with Crippen LogP contribution in [0.5, 0.6) is 0 Å². The first-order valence-corrected chi connectivity index (χ1v) is 6.29. The van der Waals surface area contributed by atoms with Crippen LogP contribution in [-0.4, -0.2) is 0 Å². The molecular weight excluding hydrogens is 196 g/mol. The molecule has 1 aromatic heterocycles. The molecule has 1 atom stereocenters. The predicted molar refractivity (Wildman–Crippen MR) is 67.3 cm³/mol. The molecule has 1 aromatic rings. The topological polar surface area (TPSA) is 13.1 Å². The minimum absolute atomic E-state index is 0.419. The predicted octanol–water partition coefficient (Wildman–Crippen LogP) is 4.59. The van der Waals surface area contributed by atoms with E-state index in [0.29, 0.717) is 11.3 Å². The minimum atomic E-state index is 0.419. The fraction of sp³-hybridized carbons (Fsp3) is 0.600. The highest BCUT2D eigenvalue weighted by atomic mass is 16.3. The Morgan fingerprint density at radius 3 is 2.94 bits per heavy atom. The van der Waals surface area contributed by atoms with Crippen LogP contribution in [0.25, 0.3) is 0 Å². The van der Waals surface area contributed by atoms with E-state index < -0.39 is 0 Å². The van der Waals surface area contributed by atoms with Gasteiger partial charge >= 0.3 is 0 Å². The van der Waals surface area contributed by atoms with E-state index in [2.05, 4.69) is 26.5 Å². The summed E-state index contributed by atoms with van der Waals surface area (Å²) in [5.74, 6) is 1.76. The number of hydrogen-bond acceptors (Lipinski definition) is 1. The van der Waals surface area contributed by atoms with Gasteiger partial charge in [-0.2, -0.15) is 0 Å². The van der Waals surface area contributed by atoms with E-state index in [1.165, 1.54) is 31.3 Å². The second-order valence-electron chi connectivity index (χ2n) is 5.67. The lowest BCUT2D eigenvalue weighted by molar-refractivity contribution is 0.178. The highest BCUT2D eigenvalue weighted by Gasteiger charge is 2.34. The molecule has 88 valence electrons. The first-order chi connectivity index (χ1) is 7.59. The van der Waals surface area contributed by atoms with E-state index in [-0.39, 0.29) is 0 Å². The summed E-state index contributed by atoms with van der Waals surface area (Å²) in [6.45, 7) is 9.02. The summed E-state index contributed by atoms with van der Waals surface area (Å²) in [5.41, 5.74) is 1.87. The molecule has 1 fully saturated rings. The van der Waals surface area contributed by atoms with Crippen LogP contribution in [0.1, 0.15) is 45.3 Å². The van der Waals surface area contributed by atoms with Crippen molar-refractivity contribution in [2.75, 3.05) is 0 Å². The molecule has 1 heteroatoms. The molecule has 0 aromatic carbocycles. The number of rotatable bonds is 3. The summed E-state index contributed by atoms with van der Waals surface area (Å²) in [5, 5.41) is 0. The van der Waals surface area contributed by atoms with Crippen molar-refractivity contribution < 1.29 is 4.42 Å². The van der Waals surface area contributed by atoms with E-state index in [1.54, 1.807) is 6.26 Å². The number of hydrogen-bond donors (Lipinski definition) is 0. The molecule has 1 aliphatic carbocycles. The Morgan fingerprint density at radius 2 is 2.31 bits per heavy atom. The van der Waals surface area contributed by atoms with Crippen LogP contribution in [0.3, 0.4) is 0 Å². The van der Waals surface area contributed by atoms with Crippen molar-refractivity contribution in [3.63, 3.8) is 0 Å². The fourth-order valence-corrected chi connectivity index (χ4v) is 3.01. The molecule has 0 saturated heterocycles. The van der Waals surface area contributed by atoms with Gasteiger partial charge in [0.2, 0.25) is 0 Å². The maximum atomic E-state index is 5.40. The number of allylic oxidation sites excluding steroid dienone is 1. The van der Waals surface area contributed by atoms with E-state index in [4.69, 9.17) is 4.42 Å². The van der Waals surface area contributed by atoms with E-state index in [9.17, 15) is 0 Å². The third-order valence-corrected chi connectivity index (χ3v) is 4.01. The van der Waals surface area contributed by atoms with Crippen molar-refractivity contribution >= 4 is 0 Å². The quantitative estimate of drug-likeness (QED) is 0.676. The van der Waals surface area contributed by atoms with Crippen molar-refractivity contribution in [2.45, 2.75) is 46.0 Å². The largest absolute Gasteiger partial charge is 0.469 e. The zero-order chi connectivity index (χ0) is 11.6. The van der Waals surface area contributed by atoms with Gasteiger partial charge in [0.25, 0.3) is 0 Å². The summed E-state index contributed by atoms with van der Waals surface area (Å²) in [6.07, 6.45) is 7.83. The van der Waals surface area contributed by atoms with Gasteiger partial charge in [0.05, 0.1) is 6.26 Å². The van der Waals surface area contributed by atoms with E-state index >= 15 is 0 Å². The molecule has 0 radical (unpaired) electrons. The molecule has 1 nitrogen and oxygen atoms in total. The van der Waals surface area contributed by atoms with Gasteiger partial charge in [-0.05, 0) is 49.1 Å². The number of aryl methyl sites for hydroxylation is 1. The maximum Gasteiger partial charge on any atom is 0.103 e. The molecule has 0 spiro atoms. The normalized spacial score (nSPS) is 24.6. The van der Waals surface area contributed by atoms with Crippen LogP contribution in [0.4, 0.5) is 0 Å². The van der Waals surface area contributed by atoms with Crippen LogP contribution >= 0.6 is 0 Å². The van der Waals surface area contributed by atoms with Crippen LogP contribution in [-0.2, 0) is 6.42 Å². The first kappa shape index (κ1) is 11.5. The lowest BCUT2D eigenvalue weighted by Crippen LogP contribution is -2.29. The number of furan rings is 1. The molecule has 0 N–H and O–H groups in total. The van der Waals surface area contributed by atoms with Gasteiger partial charge in [-0.15, -0.1) is 0 Å². The van der Waals surface area contributed by atoms with Gasteiger partial charge in [-0.1, -0.05) is 26.0 Å². The highest BCUT2D eigenvalue weighted by molar-refractivity contribution is 5.10. The smallest absolute Gasteiger partial charge is 0.103 e. The monoisotopic (exact) mass is 218 g/mol. The summed E-state index contributed by atoms with van der Waals surface area (Å²) in [6, 6.07) is 4.04. The van der Waals surface area contributed by atoms with E-state index in [1.807, 2.05) is 6.07 Å². The van der Waals surface area contributed by atoms with Crippen LogP contribution < -0.4 is 0 Å². The molecule has 0 amide bonds. The second kappa shape index (κ2) is 4.48. The lowest BCUT2D eigenvalue weighted by Gasteiger charge is -2.40. The molecular formula is C15H22O. The molecule has 0 bridgehead atoms. The summed E-state index contributed by atoms with van der Waals surface area (Å²) in [4.78, 5) is 0. The third kappa shape index (κ3) is 2.40. The SMILES string of the molecule is C=C1CCCC(C)(C)C1CCc1ccco1. The molecule has 1 aliphatic rings. The summed E-state index contributed by atoms with van der Waals surface area (Å²) < 4.78 is 5.40. The standard InChI is InChI=1S/C15H22O/c1-12-6-4-10-15(2,3)14(12)9-8-13-7-5-11-16-13/h5,7,11,14H,1,4,6,8-10H2,2-3H3.